The molecule has 0 bridgehead atoms. The second-order valence-electron chi connectivity index (χ2n) is 4.96. The lowest BCUT2D eigenvalue weighted by molar-refractivity contribution is -0.129. The lowest BCUT2D eigenvalue weighted by Crippen LogP contribution is -2.55. The first-order chi connectivity index (χ1) is 10.2. The number of nitrogens with one attached hydrogen (secondary N) is 1. The van der Waals surface area contributed by atoms with Crippen molar-refractivity contribution in [1.29, 1.82) is 0 Å². The first-order valence-electron chi connectivity index (χ1n) is 6.73. The maximum Gasteiger partial charge on any atom is 0.263 e. The molecule has 2 amide bonds. The molecule has 2 aromatic heterocycles. The van der Waals surface area contributed by atoms with Gasteiger partial charge in [-0.15, -0.1) is 11.3 Å². The van der Waals surface area contributed by atoms with E-state index in [1.807, 2.05) is 29.6 Å². The van der Waals surface area contributed by atoms with Gasteiger partial charge in [0.2, 0.25) is 5.91 Å². The topological polar surface area (TPSA) is 62.3 Å². The van der Waals surface area contributed by atoms with E-state index in [0.717, 1.165) is 10.4 Å². The molecule has 0 unspecified atom stereocenters. The molecule has 0 atom stereocenters. The number of hydrogen-bond donors (Lipinski definition) is 1. The van der Waals surface area contributed by atoms with E-state index in [1.54, 1.807) is 17.3 Å². The fourth-order valence-corrected chi connectivity index (χ4v) is 2.89. The number of amides is 2. The van der Waals surface area contributed by atoms with Gasteiger partial charge in [0.15, 0.2) is 0 Å². The van der Waals surface area contributed by atoms with E-state index >= 15 is 0 Å². The molecule has 0 radical (unpaired) electrons. The number of aromatic nitrogens is 1. The van der Waals surface area contributed by atoms with Gasteiger partial charge in [-0.1, -0.05) is 12.1 Å². The molecule has 0 spiro atoms. The van der Waals surface area contributed by atoms with Crippen LogP contribution < -0.4 is 5.32 Å². The lowest BCUT2D eigenvalue weighted by Gasteiger charge is -2.37. The van der Waals surface area contributed by atoms with Crippen LogP contribution in [0.25, 0.3) is 0 Å². The second-order valence-corrected chi connectivity index (χ2v) is 5.91. The van der Waals surface area contributed by atoms with E-state index in [1.165, 1.54) is 11.3 Å². The van der Waals surface area contributed by atoms with Crippen LogP contribution in [-0.2, 0) is 11.3 Å². The summed E-state index contributed by atoms with van der Waals surface area (Å²) in [5.74, 6) is -0.0963. The molecule has 1 N–H and O–H groups in total. The molecule has 6 heteroatoms. The first kappa shape index (κ1) is 13.8. The number of likely N-dealkylation sites (tertiary alicyclic amines) is 1. The molecule has 21 heavy (non-hydrogen) atoms. The highest BCUT2D eigenvalue weighted by molar-refractivity contribution is 7.12. The lowest BCUT2D eigenvalue weighted by atomic mass is 9.99. The molecule has 5 nitrogen and oxygen atoms in total. The molecular weight excluding hydrogens is 286 g/mol. The zero-order valence-electron chi connectivity index (χ0n) is 11.4. The van der Waals surface area contributed by atoms with E-state index in [0.29, 0.717) is 19.6 Å². The standard InChI is InChI=1S/C15H15N3O2S/c19-14(17-8-11-3-1-5-16-7-11)12-9-18(10-12)15(20)13-4-2-6-21-13/h1-7,12H,8-10H2,(H,17,19). The third kappa shape index (κ3) is 3.11. The molecule has 1 aliphatic rings. The molecule has 0 aliphatic carbocycles. The predicted octanol–water partition coefficient (Wildman–Crippen LogP) is 1.53. The quantitative estimate of drug-likeness (QED) is 0.931. The third-order valence-electron chi connectivity index (χ3n) is 3.46. The number of carbonyl (C=O) groups excluding carboxylic acids is 2. The van der Waals surface area contributed by atoms with Crippen molar-refractivity contribution >= 4 is 23.2 Å². The fourth-order valence-electron chi connectivity index (χ4n) is 2.20. The van der Waals surface area contributed by atoms with Gasteiger partial charge in [0, 0.05) is 32.0 Å². The zero-order valence-corrected chi connectivity index (χ0v) is 12.2. The molecule has 0 saturated carbocycles. The van der Waals surface area contributed by atoms with Crippen molar-refractivity contribution in [3.63, 3.8) is 0 Å². The van der Waals surface area contributed by atoms with Crippen LogP contribution in [0.3, 0.4) is 0 Å². The highest BCUT2D eigenvalue weighted by Crippen LogP contribution is 2.21. The highest BCUT2D eigenvalue weighted by atomic mass is 32.1. The van der Waals surface area contributed by atoms with E-state index in [-0.39, 0.29) is 17.7 Å². The Morgan fingerprint density at radius 2 is 2.19 bits per heavy atom. The summed E-state index contributed by atoms with van der Waals surface area (Å²) in [5.41, 5.74) is 0.969. The highest BCUT2D eigenvalue weighted by Gasteiger charge is 2.36. The number of rotatable bonds is 4. The van der Waals surface area contributed by atoms with E-state index in [2.05, 4.69) is 10.3 Å². The number of thiophene rings is 1. The van der Waals surface area contributed by atoms with E-state index in [4.69, 9.17) is 0 Å². The van der Waals surface area contributed by atoms with Crippen LogP contribution in [0.2, 0.25) is 0 Å². The maximum absolute atomic E-state index is 12.0. The number of carbonyl (C=O) groups is 2. The molecule has 2 aromatic rings. The molecule has 108 valence electrons. The van der Waals surface area contributed by atoms with Crippen molar-refractivity contribution < 1.29 is 9.59 Å². The van der Waals surface area contributed by atoms with Gasteiger partial charge in [-0.05, 0) is 23.1 Å². The SMILES string of the molecule is O=C(NCc1cccnc1)C1CN(C(=O)c2cccs2)C1. The smallest absolute Gasteiger partial charge is 0.263 e. The van der Waals surface area contributed by atoms with Gasteiger partial charge in [0.25, 0.3) is 5.91 Å². The molecule has 1 saturated heterocycles. The van der Waals surface area contributed by atoms with Crippen LogP contribution in [0.4, 0.5) is 0 Å². The van der Waals surface area contributed by atoms with Crippen molar-refractivity contribution in [2.45, 2.75) is 6.54 Å². The van der Waals surface area contributed by atoms with Crippen molar-refractivity contribution in [1.82, 2.24) is 15.2 Å². The van der Waals surface area contributed by atoms with Crippen molar-refractivity contribution in [2.24, 2.45) is 5.92 Å². The molecule has 1 aliphatic heterocycles. The largest absolute Gasteiger partial charge is 0.352 e. The average molecular weight is 301 g/mol. The van der Waals surface area contributed by atoms with Crippen LogP contribution in [0, 0.1) is 5.92 Å². The minimum absolute atomic E-state index is 0.00548. The number of pyridine rings is 1. The maximum atomic E-state index is 12.0. The summed E-state index contributed by atoms with van der Waals surface area (Å²) >= 11 is 1.43. The average Bonchev–Trinajstić information content (AvgIpc) is 2.98. The molecular formula is C15H15N3O2S. The Labute approximate surface area is 126 Å². The summed E-state index contributed by atoms with van der Waals surface area (Å²) in [6, 6.07) is 7.42. The molecule has 3 rings (SSSR count). The van der Waals surface area contributed by atoms with Gasteiger partial charge >= 0.3 is 0 Å². The number of hydrogen-bond acceptors (Lipinski definition) is 4. The second kappa shape index (κ2) is 6.05. The van der Waals surface area contributed by atoms with Crippen molar-refractivity contribution in [3.8, 4) is 0 Å². The van der Waals surface area contributed by atoms with Crippen LogP contribution >= 0.6 is 11.3 Å². The first-order valence-corrected chi connectivity index (χ1v) is 7.61. The summed E-state index contributed by atoms with van der Waals surface area (Å²) in [6.07, 6.45) is 3.43. The van der Waals surface area contributed by atoms with E-state index in [9.17, 15) is 9.59 Å². The summed E-state index contributed by atoms with van der Waals surface area (Å²) in [5, 5.41) is 4.76. The Balaban J connectivity index is 1.45. The monoisotopic (exact) mass is 301 g/mol. The Kier molecular flexibility index (Phi) is 3.96. The van der Waals surface area contributed by atoms with Crippen LogP contribution in [0.1, 0.15) is 15.2 Å². The zero-order chi connectivity index (χ0) is 14.7. The van der Waals surface area contributed by atoms with Crippen LogP contribution in [0.15, 0.2) is 42.0 Å². The molecule has 3 heterocycles. The minimum atomic E-state index is -0.106. The molecule has 1 fully saturated rings. The Bertz CT molecular complexity index is 622. The van der Waals surface area contributed by atoms with E-state index < -0.39 is 0 Å². The minimum Gasteiger partial charge on any atom is -0.352 e. The Morgan fingerprint density at radius 3 is 2.86 bits per heavy atom. The van der Waals surface area contributed by atoms with Crippen LogP contribution in [0.5, 0.6) is 0 Å². The Hall–Kier alpha value is -2.21. The normalized spacial score (nSPS) is 14.6. The van der Waals surface area contributed by atoms with Gasteiger partial charge in [0.05, 0.1) is 10.8 Å². The number of nitrogens with zero attached hydrogens (tertiary/aromatic N) is 2. The third-order valence-corrected chi connectivity index (χ3v) is 4.32. The van der Waals surface area contributed by atoms with Gasteiger partial charge < -0.3 is 10.2 Å². The van der Waals surface area contributed by atoms with Crippen molar-refractivity contribution in [3.05, 3.63) is 52.5 Å². The summed E-state index contributed by atoms with van der Waals surface area (Å²) < 4.78 is 0. The molecule has 0 aromatic carbocycles. The van der Waals surface area contributed by atoms with Gasteiger partial charge in [-0.3, -0.25) is 14.6 Å². The van der Waals surface area contributed by atoms with Gasteiger partial charge in [0.1, 0.15) is 0 Å². The van der Waals surface area contributed by atoms with Gasteiger partial charge in [-0.25, -0.2) is 0 Å². The predicted molar refractivity (Wildman–Crippen MR) is 79.8 cm³/mol. The summed E-state index contributed by atoms with van der Waals surface area (Å²) in [4.78, 5) is 30.5. The van der Waals surface area contributed by atoms with Gasteiger partial charge in [-0.2, -0.15) is 0 Å². The Morgan fingerprint density at radius 1 is 1.33 bits per heavy atom. The summed E-state index contributed by atoms with van der Waals surface area (Å²) in [6.45, 7) is 1.47. The fraction of sp³-hybridized carbons (Fsp3) is 0.267. The van der Waals surface area contributed by atoms with Crippen molar-refractivity contribution in [2.75, 3.05) is 13.1 Å². The summed E-state index contributed by atoms with van der Waals surface area (Å²) in [7, 11) is 0. The van der Waals surface area contributed by atoms with Crippen LogP contribution in [-0.4, -0.2) is 34.8 Å².